The van der Waals surface area contributed by atoms with Crippen LogP contribution in [0.4, 0.5) is 0 Å². The number of carbonyl (C=O) groups is 1. The first-order valence-corrected chi connectivity index (χ1v) is 5.52. The van der Waals surface area contributed by atoms with Crippen LogP contribution in [0.2, 0.25) is 0 Å². The molecule has 0 aliphatic carbocycles. The van der Waals surface area contributed by atoms with Crippen LogP contribution in [0, 0.1) is 13.8 Å². The summed E-state index contributed by atoms with van der Waals surface area (Å²) in [6.45, 7) is 5.86. The van der Waals surface area contributed by atoms with Crippen LogP contribution in [-0.4, -0.2) is 27.1 Å². The van der Waals surface area contributed by atoms with Crippen molar-refractivity contribution in [1.82, 2.24) is 14.5 Å². The van der Waals surface area contributed by atoms with Crippen LogP contribution in [0.15, 0.2) is 6.20 Å². The van der Waals surface area contributed by atoms with Crippen molar-refractivity contribution >= 4 is 17.0 Å². The zero-order valence-electron chi connectivity index (χ0n) is 10.4. The van der Waals surface area contributed by atoms with Crippen molar-refractivity contribution in [3.8, 4) is 0 Å². The zero-order chi connectivity index (χ0) is 12.6. The summed E-state index contributed by atoms with van der Waals surface area (Å²) >= 11 is 0. The third-order valence-corrected chi connectivity index (χ3v) is 2.82. The van der Waals surface area contributed by atoms with Gasteiger partial charge in [0.15, 0.2) is 0 Å². The van der Waals surface area contributed by atoms with Crippen molar-refractivity contribution in [3.05, 3.63) is 23.3 Å². The van der Waals surface area contributed by atoms with Crippen LogP contribution in [0.1, 0.15) is 28.8 Å². The van der Waals surface area contributed by atoms with Crippen LogP contribution in [0.5, 0.6) is 0 Å². The van der Waals surface area contributed by atoms with Crippen molar-refractivity contribution in [2.24, 2.45) is 7.05 Å². The van der Waals surface area contributed by atoms with Gasteiger partial charge in [0, 0.05) is 18.9 Å². The minimum absolute atomic E-state index is 0.317. The van der Waals surface area contributed by atoms with E-state index in [-0.39, 0.29) is 5.97 Å². The average Bonchev–Trinajstić information content (AvgIpc) is 2.53. The molecule has 0 aromatic carbocycles. The van der Waals surface area contributed by atoms with E-state index < -0.39 is 0 Å². The highest BCUT2D eigenvalue weighted by molar-refractivity contribution is 6.04. The predicted molar refractivity (Wildman–Crippen MR) is 63.9 cm³/mol. The highest BCUT2D eigenvalue weighted by Crippen LogP contribution is 2.23. The minimum atomic E-state index is -0.317. The van der Waals surface area contributed by atoms with Crippen molar-refractivity contribution in [1.29, 1.82) is 0 Å². The fourth-order valence-corrected chi connectivity index (χ4v) is 1.87. The lowest BCUT2D eigenvalue weighted by molar-refractivity contribution is 0.0527. The van der Waals surface area contributed by atoms with E-state index in [1.54, 1.807) is 13.1 Å². The van der Waals surface area contributed by atoms with Gasteiger partial charge in [0.2, 0.25) is 0 Å². The number of nitrogens with zero attached hydrogens (tertiary/aromatic N) is 3. The second-order valence-corrected chi connectivity index (χ2v) is 3.89. The van der Waals surface area contributed by atoms with Crippen LogP contribution in [-0.2, 0) is 11.8 Å². The number of hydrogen-bond acceptors (Lipinski definition) is 4. The Morgan fingerprint density at radius 2 is 2.18 bits per heavy atom. The first-order valence-electron chi connectivity index (χ1n) is 5.52. The van der Waals surface area contributed by atoms with Crippen LogP contribution in [0.3, 0.4) is 0 Å². The normalized spacial score (nSPS) is 10.8. The van der Waals surface area contributed by atoms with E-state index in [0.717, 1.165) is 16.7 Å². The van der Waals surface area contributed by atoms with E-state index in [0.29, 0.717) is 18.0 Å². The molecule has 0 amide bonds. The molecule has 5 nitrogen and oxygen atoms in total. The van der Waals surface area contributed by atoms with E-state index in [1.165, 1.54) is 0 Å². The van der Waals surface area contributed by atoms with E-state index in [9.17, 15) is 4.79 Å². The summed E-state index contributed by atoms with van der Waals surface area (Å²) < 4.78 is 6.94. The number of rotatable bonds is 2. The standard InChI is InChI=1S/C12H15N3O2/c1-5-17-12(16)10-7(2)15(4)11-9(10)6-13-8(3)14-11/h6H,5H2,1-4H3. The van der Waals surface area contributed by atoms with E-state index >= 15 is 0 Å². The van der Waals surface area contributed by atoms with Gasteiger partial charge in [-0.05, 0) is 20.8 Å². The van der Waals surface area contributed by atoms with Gasteiger partial charge in [-0.3, -0.25) is 0 Å². The number of aromatic nitrogens is 3. The third kappa shape index (κ3) is 1.77. The summed E-state index contributed by atoms with van der Waals surface area (Å²) in [5.41, 5.74) is 2.17. The Bertz CT molecular complexity index is 587. The average molecular weight is 233 g/mol. The molecule has 0 saturated carbocycles. The molecule has 2 rings (SSSR count). The Morgan fingerprint density at radius 3 is 2.82 bits per heavy atom. The molecule has 0 aliphatic heterocycles. The first-order chi connectivity index (χ1) is 8.06. The van der Waals surface area contributed by atoms with Gasteiger partial charge < -0.3 is 9.30 Å². The lowest BCUT2D eigenvalue weighted by Crippen LogP contribution is -2.06. The maximum atomic E-state index is 11.9. The van der Waals surface area contributed by atoms with E-state index in [2.05, 4.69) is 9.97 Å². The molecule has 2 heterocycles. The smallest absolute Gasteiger partial charge is 0.340 e. The fraction of sp³-hybridized carbons (Fsp3) is 0.417. The molecule has 0 N–H and O–H groups in total. The molecule has 0 bridgehead atoms. The number of ether oxygens (including phenoxy) is 1. The van der Waals surface area contributed by atoms with Gasteiger partial charge in [-0.25, -0.2) is 14.8 Å². The summed E-state index contributed by atoms with van der Waals surface area (Å²) in [7, 11) is 1.88. The summed E-state index contributed by atoms with van der Waals surface area (Å²) in [6.07, 6.45) is 1.68. The van der Waals surface area contributed by atoms with Crippen molar-refractivity contribution in [2.45, 2.75) is 20.8 Å². The Labute approximate surface area is 99.4 Å². The largest absolute Gasteiger partial charge is 0.462 e. The molecule has 0 atom stereocenters. The maximum Gasteiger partial charge on any atom is 0.340 e. The molecular weight excluding hydrogens is 218 g/mol. The summed E-state index contributed by atoms with van der Waals surface area (Å²) in [5, 5.41) is 0.744. The highest BCUT2D eigenvalue weighted by atomic mass is 16.5. The molecule has 90 valence electrons. The summed E-state index contributed by atoms with van der Waals surface area (Å²) in [5.74, 6) is 0.372. The molecule has 0 fully saturated rings. The lowest BCUT2D eigenvalue weighted by atomic mass is 10.2. The molecule has 0 saturated heterocycles. The maximum absolute atomic E-state index is 11.9. The molecule has 2 aromatic heterocycles. The molecule has 17 heavy (non-hydrogen) atoms. The Hall–Kier alpha value is -1.91. The Morgan fingerprint density at radius 1 is 1.47 bits per heavy atom. The molecule has 0 aliphatic rings. The Kier molecular flexibility index (Phi) is 2.83. The van der Waals surface area contributed by atoms with Gasteiger partial charge in [-0.1, -0.05) is 0 Å². The van der Waals surface area contributed by atoms with Gasteiger partial charge in [-0.2, -0.15) is 0 Å². The summed E-state index contributed by atoms with van der Waals surface area (Å²) in [4.78, 5) is 20.4. The summed E-state index contributed by atoms with van der Waals surface area (Å²) in [6, 6.07) is 0. The second kappa shape index (κ2) is 4.16. The monoisotopic (exact) mass is 233 g/mol. The van der Waals surface area contributed by atoms with Crippen LogP contribution < -0.4 is 0 Å². The van der Waals surface area contributed by atoms with E-state index in [4.69, 9.17) is 4.74 Å². The van der Waals surface area contributed by atoms with Gasteiger partial charge in [0.25, 0.3) is 0 Å². The minimum Gasteiger partial charge on any atom is -0.462 e. The van der Waals surface area contributed by atoms with Crippen LogP contribution >= 0.6 is 0 Å². The molecule has 0 radical (unpaired) electrons. The topological polar surface area (TPSA) is 57.0 Å². The number of fused-ring (bicyclic) bond motifs is 1. The number of hydrogen-bond donors (Lipinski definition) is 0. The Balaban J connectivity index is 2.71. The molecule has 0 spiro atoms. The van der Waals surface area contributed by atoms with Crippen LogP contribution in [0.25, 0.3) is 11.0 Å². The number of carbonyl (C=O) groups excluding carboxylic acids is 1. The highest BCUT2D eigenvalue weighted by Gasteiger charge is 2.20. The molecule has 5 heteroatoms. The van der Waals surface area contributed by atoms with Crippen molar-refractivity contribution in [3.63, 3.8) is 0 Å². The number of esters is 1. The second-order valence-electron chi connectivity index (χ2n) is 3.89. The molecule has 0 unspecified atom stereocenters. The quantitative estimate of drug-likeness (QED) is 0.742. The van der Waals surface area contributed by atoms with Gasteiger partial charge in [0.1, 0.15) is 11.5 Å². The van der Waals surface area contributed by atoms with Crippen molar-refractivity contribution in [2.75, 3.05) is 6.61 Å². The zero-order valence-corrected chi connectivity index (χ0v) is 10.4. The first kappa shape index (κ1) is 11.6. The van der Waals surface area contributed by atoms with Gasteiger partial charge in [-0.15, -0.1) is 0 Å². The van der Waals surface area contributed by atoms with Gasteiger partial charge >= 0.3 is 5.97 Å². The third-order valence-electron chi connectivity index (χ3n) is 2.82. The van der Waals surface area contributed by atoms with Gasteiger partial charge in [0.05, 0.1) is 17.6 Å². The molecular formula is C12H15N3O2. The van der Waals surface area contributed by atoms with Crippen molar-refractivity contribution < 1.29 is 9.53 Å². The predicted octanol–water partition coefficient (Wildman–Crippen LogP) is 1.76. The number of aryl methyl sites for hydroxylation is 2. The molecule has 2 aromatic rings. The lowest BCUT2D eigenvalue weighted by Gasteiger charge is -2.01. The fourth-order valence-electron chi connectivity index (χ4n) is 1.87. The van der Waals surface area contributed by atoms with E-state index in [1.807, 2.05) is 25.5 Å². The SMILES string of the molecule is CCOC(=O)c1c(C)n(C)c2nc(C)ncc12.